The van der Waals surface area contributed by atoms with E-state index >= 15 is 0 Å². The van der Waals surface area contributed by atoms with Crippen molar-refractivity contribution in [3.8, 4) is 5.75 Å². The molecule has 2 rings (SSSR count). The fraction of sp³-hybridized carbons (Fsp3) is 0.286. The Labute approximate surface area is 110 Å². The van der Waals surface area contributed by atoms with Crippen molar-refractivity contribution < 1.29 is 14.3 Å². The minimum atomic E-state index is -0.728. The molecule has 5 heteroatoms. The van der Waals surface area contributed by atoms with Crippen LogP contribution in [-0.2, 0) is 9.53 Å². The molecule has 0 bridgehead atoms. The van der Waals surface area contributed by atoms with Gasteiger partial charge in [0, 0.05) is 11.5 Å². The topological polar surface area (TPSA) is 68.4 Å². The summed E-state index contributed by atoms with van der Waals surface area (Å²) in [7, 11) is 0. The number of aromatic nitrogens is 1. The number of rotatable bonds is 4. The summed E-state index contributed by atoms with van der Waals surface area (Å²) in [4.78, 5) is 25.6. The number of aromatic amines is 1. The number of ether oxygens (including phenoxy) is 2. The number of pyridine rings is 1. The Morgan fingerprint density at radius 2 is 2.11 bits per heavy atom. The highest BCUT2D eigenvalue weighted by Gasteiger charge is 2.16. The van der Waals surface area contributed by atoms with Crippen molar-refractivity contribution >= 4 is 16.9 Å². The van der Waals surface area contributed by atoms with Gasteiger partial charge in [0.05, 0.1) is 12.1 Å². The zero-order chi connectivity index (χ0) is 13.8. The number of H-pyrrole nitrogens is 1. The van der Waals surface area contributed by atoms with Crippen LogP contribution in [0, 0.1) is 0 Å². The van der Waals surface area contributed by atoms with Crippen molar-refractivity contribution in [3.63, 3.8) is 0 Å². The molecule has 0 saturated heterocycles. The van der Waals surface area contributed by atoms with Crippen molar-refractivity contribution in [2.45, 2.75) is 20.0 Å². The van der Waals surface area contributed by atoms with Gasteiger partial charge in [0.1, 0.15) is 5.75 Å². The third kappa shape index (κ3) is 2.93. The summed E-state index contributed by atoms with van der Waals surface area (Å²) >= 11 is 0. The van der Waals surface area contributed by atoms with E-state index in [1.807, 2.05) is 6.07 Å². The Morgan fingerprint density at radius 3 is 2.84 bits per heavy atom. The molecule has 0 fully saturated rings. The average Bonchev–Trinajstić information content (AvgIpc) is 2.39. The van der Waals surface area contributed by atoms with Crippen LogP contribution in [0.4, 0.5) is 0 Å². The van der Waals surface area contributed by atoms with E-state index in [0.717, 1.165) is 5.39 Å². The van der Waals surface area contributed by atoms with Gasteiger partial charge in [-0.25, -0.2) is 4.79 Å². The SMILES string of the molecule is CCOC(=O)C(C)Oc1cccc2ccc(=O)[nH]c12. The van der Waals surface area contributed by atoms with Crippen LogP contribution in [-0.4, -0.2) is 23.7 Å². The molecule has 5 nitrogen and oxygen atoms in total. The molecule has 1 unspecified atom stereocenters. The van der Waals surface area contributed by atoms with Crippen molar-refractivity contribution in [2.24, 2.45) is 0 Å². The first kappa shape index (κ1) is 13.1. The molecule has 0 aliphatic carbocycles. The molecule has 1 heterocycles. The van der Waals surface area contributed by atoms with Gasteiger partial charge in [-0.1, -0.05) is 12.1 Å². The second kappa shape index (κ2) is 5.56. The maximum absolute atomic E-state index is 11.5. The quantitative estimate of drug-likeness (QED) is 0.853. The summed E-state index contributed by atoms with van der Waals surface area (Å²) < 4.78 is 10.4. The van der Waals surface area contributed by atoms with E-state index in [1.54, 1.807) is 32.0 Å². The molecule has 1 aromatic carbocycles. The molecule has 2 aromatic rings. The lowest BCUT2D eigenvalue weighted by Crippen LogP contribution is -2.26. The largest absolute Gasteiger partial charge is 0.477 e. The van der Waals surface area contributed by atoms with Gasteiger partial charge in [-0.05, 0) is 26.0 Å². The molecule has 0 radical (unpaired) electrons. The minimum Gasteiger partial charge on any atom is -0.477 e. The third-order valence-corrected chi connectivity index (χ3v) is 2.64. The molecule has 0 saturated carbocycles. The number of esters is 1. The molecule has 0 amide bonds. The molecule has 1 aromatic heterocycles. The fourth-order valence-corrected chi connectivity index (χ4v) is 1.75. The predicted octanol–water partition coefficient (Wildman–Crippen LogP) is 1.86. The minimum absolute atomic E-state index is 0.215. The Hall–Kier alpha value is -2.30. The zero-order valence-corrected chi connectivity index (χ0v) is 10.8. The van der Waals surface area contributed by atoms with Crippen molar-refractivity contribution in [1.29, 1.82) is 0 Å². The number of nitrogens with one attached hydrogen (secondary N) is 1. The first-order chi connectivity index (χ1) is 9.11. The number of benzene rings is 1. The normalized spacial score (nSPS) is 12.1. The first-order valence-corrected chi connectivity index (χ1v) is 6.07. The van der Waals surface area contributed by atoms with Crippen LogP contribution in [0.15, 0.2) is 35.1 Å². The Bertz CT molecular complexity index is 647. The number of carbonyl (C=O) groups is 1. The monoisotopic (exact) mass is 261 g/mol. The highest BCUT2D eigenvalue weighted by atomic mass is 16.6. The number of fused-ring (bicyclic) bond motifs is 1. The highest BCUT2D eigenvalue weighted by Crippen LogP contribution is 2.23. The summed E-state index contributed by atoms with van der Waals surface area (Å²) in [5.74, 6) is 0.0218. The maximum Gasteiger partial charge on any atom is 0.347 e. The Morgan fingerprint density at radius 1 is 1.32 bits per heavy atom. The molecule has 1 N–H and O–H groups in total. The summed E-state index contributed by atoms with van der Waals surface area (Å²) in [5, 5.41) is 0.841. The Balaban J connectivity index is 2.32. The van der Waals surface area contributed by atoms with Gasteiger partial charge in [0.15, 0.2) is 6.10 Å². The van der Waals surface area contributed by atoms with Crippen molar-refractivity contribution in [3.05, 3.63) is 40.7 Å². The lowest BCUT2D eigenvalue weighted by atomic mass is 10.2. The van der Waals surface area contributed by atoms with Gasteiger partial charge >= 0.3 is 5.97 Å². The van der Waals surface area contributed by atoms with Crippen LogP contribution in [0.5, 0.6) is 5.75 Å². The summed E-state index contributed by atoms with van der Waals surface area (Å²) in [6, 6.07) is 8.51. The van der Waals surface area contributed by atoms with Crippen LogP contribution < -0.4 is 10.3 Å². The van der Waals surface area contributed by atoms with Gasteiger partial charge in [-0.3, -0.25) is 4.79 Å². The second-order valence-electron chi connectivity index (χ2n) is 4.06. The van der Waals surface area contributed by atoms with E-state index in [0.29, 0.717) is 17.9 Å². The highest BCUT2D eigenvalue weighted by molar-refractivity contribution is 5.84. The van der Waals surface area contributed by atoms with Gasteiger partial charge < -0.3 is 14.5 Å². The third-order valence-electron chi connectivity index (χ3n) is 2.64. The van der Waals surface area contributed by atoms with Crippen molar-refractivity contribution in [2.75, 3.05) is 6.61 Å². The smallest absolute Gasteiger partial charge is 0.347 e. The fourth-order valence-electron chi connectivity index (χ4n) is 1.75. The molecule has 0 aliphatic heterocycles. The van der Waals surface area contributed by atoms with Gasteiger partial charge in [0.25, 0.3) is 0 Å². The molecule has 0 spiro atoms. The van der Waals surface area contributed by atoms with Crippen LogP contribution in [0.25, 0.3) is 10.9 Å². The average molecular weight is 261 g/mol. The molecular formula is C14H15NO4. The maximum atomic E-state index is 11.5. The number of hydrogen-bond donors (Lipinski definition) is 1. The van der Waals surface area contributed by atoms with Gasteiger partial charge in [0.2, 0.25) is 5.56 Å². The molecule has 0 aliphatic rings. The molecular weight excluding hydrogens is 246 g/mol. The molecule has 19 heavy (non-hydrogen) atoms. The summed E-state index contributed by atoms with van der Waals surface area (Å²) in [6.45, 7) is 3.65. The number of carbonyl (C=O) groups excluding carboxylic acids is 1. The first-order valence-electron chi connectivity index (χ1n) is 6.07. The van der Waals surface area contributed by atoms with Crippen LogP contribution in [0.2, 0.25) is 0 Å². The lowest BCUT2D eigenvalue weighted by molar-refractivity contribution is -0.150. The standard InChI is InChI=1S/C14H15NO4/c1-3-18-14(17)9(2)19-11-6-4-5-10-7-8-12(16)15-13(10)11/h4-9H,3H2,1-2H3,(H,15,16). The number of para-hydroxylation sites is 1. The Kier molecular flexibility index (Phi) is 3.85. The second-order valence-corrected chi connectivity index (χ2v) is 4.06. The van der Waals surface area contributed by atoms with Gasteiger partial charge in [-0.2, -0.15) is 0 Å². The zero-order valence-electron chi connectivity index (χ0n) is 10.8. The van der Waals surface area contributed by atoms with Crippen LogP contribution in [0.1, 0.15) is 13.8 Å². The van der Waals surface area contributed by atoms with E-state index in [9.17, 15) is 9.59 Å². The summed E-state index contributed by atoms with van der Waals surface area (Å²) in [5.41, 5.74) is 0.360. The molecule has 1 atom stereocenters. The van der Waals surface area contributed by atoms with E-state index in [2.05, 4.69) is 4.98 Å². The van der Waals surface area contributed by atoms with E-state index in [4.69, 9.17) is 9.47 Å². The van der Waals surface area contributed by atoms with E-state index < -0.39 is 12.1 Å². The van der Waals surface area contributed by atoms with Crippen LogP contribution >= 0.6 is 0 Å². The van der Waals surface area contributed by atoms with Gasteiger partial charge in [-0.15, -0.1) is 0 Å². The lowest BCUT2D eigenvalue weighted by Gasteiger charge is -2.14. The van der Waals surface area contributed by atoms with E-state index in [1.165, 1.54) is 6.07 Å². The predicted molar refractivity (Wildman–Crippen MR) is 71.3 cm³/mol. The van der Waals surface area contributed by atoms with Crippen LogP contribution in [0.3, 0.4) is 0 Å². The summed E-state index contributed by atoms with van der Waals surface area (Å²) in [6.07, 6.45) is -0.728. The molecule has 100 valence electrons. The van der Waals surface area contributed by atoms with Crippen molar-refractivity contribution in [1.82, 2.24) is 4.98 Å². The number of hydrogen-bond acceptors (Lipinski definition) is 4. The van der Waals surface area contributed by atoms with E-state index in [-0.39, 0.29) is 5.56 Å².